The molecule has 0 saturated heterocycles. The maximum atomic E-state index is 9.26. The van der Waals surface area contributed by atoms with Crippen molar-refractivity contribution in [1.82, 2.24) is 0 Å². The Hall–Kier alpha value is 2.61. The normalized spacial score (nSPS) is 13.8. The second kappa shape index (κ2) is 13.2. The summed E-state index contributed by atoms with van der Waals surface area (Å²) in [5, 5.41) is 0. The van der Waals surface area contributed by atoms with Gasteiger partial charge in [-0.2, -0.15) is 0 Å². The molecule has 0 rings (SSSR count). The zero-order chi connectivity index (χ0) is 7.15. The molecule has 0 N–H and O–H groups in total. The Morgan fingerprint density at radius 3 is 1.00 bits per heavy atom. The molecule has 2 atom stereocenters. The van der Waals surface area contributed by atoms with E-state index in [4.69, 9.17) is 0 Å². The quantitative estimate of drug-likeness (QED) is 0.317. The fraction of sp³-hybridized carbons (Fsp3) is 0. The Labute approximate surface area is 90.4 Å². The van der Waals surface area contributed by atoms with Crippen LogP contribution in [-0.2, 0) is 69.2 Å². The first-order chi connectivity index (χ1) is 3.46. The van der Waals surface area contributed by atoms with Crippen LogP contribution in [0.4, 0.5) is 0 Å². The van der Waals surface area contributed by atoms with Gasteiger partial charge in [-0.25, -0.2) is 0 Å². The van der Waals surface area contributed by atoms with E-state index in [9.17, 15) is 9.79 Å². The summed E-state index contributed by atoms with van der Waals surface area (Å²) in [6, 6.07) is 0. The molecule has 0 aromatic carbocycles. The SMILES string of the molecule is [Mo+4].[O-][PH](=S)[S-].[O-][PH](=S)[S-]. The Kier molecular flexibility index (Phi) is 25.9. The van der Waals surface area contributed by atoms with E-state index in [1.54, 1.807) is 0 Å². The molecule has 9 heteroatoms. The summed E-state index contributed by atoms with van der Waals surface area (Å²) in [7, 11) is 0. The van der Waals surface area contributed by atoms with Gasteiger partial charge in [0.2, 0.25) is 0 Å². The van der Waals surface area contributed by atoms with Gasteiger partial charge in [-0.15, -0.1) is 23.6 Å². The maximum absolute atomic E-state index is 9.26. The molecular formula is H2MoO2P2S4. The van der Waals surface area contributed by atoms with Crippen LogP contribution in [0, 0.1) is 0 Å². The van der Waals surface area contributed by atoms with Gasteiger partial charge in [0.25, 0.3) is 0 Å². The summed E-state index contributed by atoms with van der Waals surface area (Å²) in [6.07, 6.45) is -3.93. The summed E-state index contributed by atoms with van der Waals surface area (Å²) in [5.41, 5.74) is 0. The predicted molar refractivity (Wildman–Crippen MR) is 46.1 cm³/mol. The van der Waals surface area contributed by atoms with Gasteiger partial charge >= 0.3 is 21.1 Å². The summed E-state index contributed by atoms with van der Waals surface area (Å²) >= 11 is 15.9. The molecule has 2 nitrogen and oxygen atoms in total. The van der Waals surface area contributed by atoms with Crippen molar-refractivity contribution in [2.24, 2.45) is 0 Å². The Bertz CT molecular complexity index is 74.6. The van der Waals surface area contributed by atoms with Gasteiger partial charge in [-0.05, 0) is 0 Å². The first kappa shape index (κ1) is 17.6. The molecule has 0 bridgehead atoms. The molecule has 0 fully saturated rings. The number of hydrogen-bond donors (Lipinski definition) is 0. The van der Waals surface area contributed by atoms with Crippen LogP contribution in [0.5, 0.6) is 0 Å². The minimum absolute atomic E-state index is 0. The van der Waals surface area contributed by atoms with Crippen molar-refractivity contribution in [3.05, 3.63) is 0 Å². The zero-order valence-corrected chi connectivity index (χ0v) is 11.1. The standard InChI is InChI=1S/Mo.2H3OPS2/c;2*1-2(3)4/h;2*2H,(H2,1,3,4)/q+4;;/p-4. The third kappa shape index (κ3) is 116. The summed E-state index contributed by atoms with van der Waals surface area (Å²) in [6.45, 7) is 0. The van der Waals surface area contributed by atoms with Crippen LogP contribution in [0.3, 0.4) is 0 Å². The van der Waals surface area contributed by atoms with Crippen molar-refractivity contribution in [3.8, 4) is 0 Å². The molecule has 0 amide bonds. The first-order valence-electron chi connectivity index (χ1n) is 1.22. The predicted octanol–water partition coefficient (Wildman–Crippen LogP) is -1.20. The van der Waals surface area contributed by atoms with Crippen LogP contribution >= 0.6 is 12.3 Å². The fourth-order valence-corrected chi connectivity index (χ4v) is 0. The van der Waals surface area contributed by atoms with Gasteiger partial charge in [0.05, 0.1) is 0 Å². The van der Waals surface area contributed by atoms with Gasteiger partial charge in [-0.1, -0.05) is 0 Å². The second-order valence-electron chi connectivity index (χ2n) is 0.500. The van der Waals surface area contributed by atoms with E-state index in [1.807, 2.05) is 0 Å². The third-order valence-electron chi connectivity index (χ3n) is 0. The monoisotopic (exact) mass is 322 g/mol. The summed E-state index contributed by atoms with van der Waals surface area (Å²) in [4.78, 5) is 18.5. The summed E-state index contributed by atoms with van der Waals surface area (Å²) in [5.74, 6) is 0. The average molecular weight is 320 g/mol. The molecule has 0 radical (unpaired) electrons. The first-order valence-corrected chi connectivity index (χ1v) is 8.57. The molecule has 9 heavy (non-hydrogen) atoms. The summed E-state index contributed by atoms with van der Waals surface area (Å²) < 4.78 is 0. The second-order valence-corrected chi connectivity index (χ2v) is 7.50. The smallest absolute Gasteiger partial charge is 0.841 e. The molecule has 0 saturated carbocycles. The van der Waals surface area contributed by atoms with E-state index in [0.717, 1.165) is 0 Å². The van der Waals surface area contributed by atoms with Crippen molar-refractivity contribution in [2.75, 3.05) is 0 Å². The molecule has 0 spiro atoms. The Morgan fingerprint density at radius 1 is 1.00 bits per heavy atom. The van der Waals surface area contributed by atoms with E-state index in [1.165, 1.54) is 0 Å². The molecule has 0 aliphatic carbocycles. The van der Waals surface area contributed by atoms with Crippen LogP contribution in [0.15, 0.2) is 0 Å². The molecular weight excluding hydrogens is 318 g/mol. The van der Waals surface area contributed by atoms with Gasteiger partial charge in [0, 0.05) is 0 Å². The molecule has 2 unspecified atom stereocenters. The number of rotatable bonds is 0. The average Bonchev–Trinajstić information content (AvgIpc) is 1.25. The van der Waals surface area contributed by atoms with E-state index in [2.05, 4.69) is 48.1 Å². The molecule has 54 valence electrons. The van der Waals surface area contributed by atoms with E-state index in [-0.39, 0.29) is 21.1 Å². The zero-order valence-electron chi connectivity index (χ0n) is 3.86. The molecule has 0 aliphatic rings. The van der Waals surface area contributed by atoms with E-state index < -0.39 is 12.3 Å². The Morgan fingerprint density at radius 2 is 1.00 bits per heavy atom. The van der Waals surface area contributed by atoms with Crippen LogP contribution in [0.1, 0.15) is 0 Å². The van der Waals surface area contributed by atoms with Crippen molar-refractivity contribution < 1.29 is 30.9 Å². The minimum Gasteiger partial charge on any atom is -0.841 e. The Balaban J connectivity index is -0.0000000720. The largest absolute Gasteiger partial charge is 4.00 e. The van der Waals surface area contributed by atoms with Crippen molar-refractivity contribution in [2.45, 2.75) is 0 Å². The van der Waals surface area contributed by atoms with Gasteiger partial charge in [0.1, 0.15) is 0 Å². The van der Waals surface area contributed by atoms with Crippen LogP contribution in [-0.4, -0.2) is 0 Å². The molecule has 0 aliphatic heterocycles. The van der Waals surface area contributed by atoms with Gasteiger partial charge < -0.3 is 34.3 Å². The number of hydrogen-bond acceptors (Lipinski definition) is 6. The van der Waals surface area contributed by atoms with E-state index in [0.29, 0.717) is 0 Å². The third-order valence-corrected chi connectivity index (χ3v) is 0. The minimum atomic E-state index is -1.96. The molecule has 0 aromatic heterocycles. The van der Waals surface area contributed by atoms with Gasteiger partial charge in [0.15, 0.2) is 0 Å². The molecule has 0 aromatic rings. The van der Waals surface area contributed by atoms with Crippen LogP contribution < -0.4 is 9.79 Å². The fourth-order valence-electron chi connectivity index (χ4n) is 0. The van der Waals surface area contributed by atoms with Crippen LogP contribution in [0.2, 0.25) is 0 Å². The maximum Gasteiger partial charge on any atom is 4.00 e. The molecule has 0 heterocycles. The van der Waals surface area contributed by atoms with Crippen molar-refractivity contribution in [3.63, 3.8) is 0 Å². The van der Waals surface area contributed by atoms with Crippen LogP contribution in [0.25, 0.3) is 0 Å². The van der Waals surface area contributed by atoms with Crippen molar-refractivity contribution >= 4 is 60.4 Å². The topological polar surface area (TPSA) is 46.1 Å². The van der Waals surface area contributed by atoms with E-state index >= 15 is 0 Å². The van der Waals surface area contributed by atoms with Gasteiger partial charge in [-0.3, -0.25) is 12.3 Å². The van der Waals surface area contributed by atoms with Crippen molar-refractivity contribution in [1.29, 1.82) is 0 Å².